The summed E-state index contributed by atoms with van der Waals surface area (Å²) in [6.07, 6.45) is -0.355. The van der Waals surface area contributed by atoms with Gasteiger partial charge in [0.15, 0.2) is 5.82 Å². The molecule has 0 spiro atoms. The molecule has 0 aliphatic carbocycles. The van der Waals surface area contributed by atoms with E-state index in [0.717, 1.165) is 21.7 Å². The van der Waals surface area contributed by atoms with Gasteiger partial charge in [-0.1, -0.05) is 0 Å². The molecule has 1 fully saturated rings. The number of nitrogens with zero attached hydrogens (tertiary/aromatic N) is 2. The van der Waals surface area contributed by atoms with Gasteiger partial charge in [-0.25, -0.2) is 26.7 Å². The SMILES string of the molecule is Cc1cc(NC(=O)c2c(F)c(S(=O)(=O)NC3CN(C(=O)O)CC3CO)cn2C)ccc1F. The maximum Gasteiger partial charge on any atom is 0.407 e. The van der Waals surface area contributed by atoms with Crippen LogP contribution in [0.15, 0.2) is 29.3 Å². The quantitative estimate of drug-likeness (QED) is 0.497. The average Bonchev–Trinajstić information content (AvgIpc) is 3.24. The summed E-state index contributed by atoms with van der Waals surface area (Å²) in [6, 6.07) is 2.78. The maximum atomic E-state index is 15.0. The van der Waals surface area contributed by atoms with Crippen LogP contribution in [0.5, 0.6) is 0 Å². The molecule has 4 N–H and O–H groups in total. The summed E-state index contributed by atoms with van der Waals surface area (Å²) in [7, 11) is -3.21. The highest BCUT2D eigenvalue weighted by atomic mass is 32.2. The standard InChI is InChI=1S/C19H22F2N4O6S/c1-10-5-12(3-4-13(10)20)22-18(27)17-16(21)15(8-24(17)2)32(30,31)23-14-7-25(19(28)29)6-11(14)9-26/h3-5,8,11,14,23,26H,6-7,9H2,1-2H3,(H,22,27)(H,28,29). The zero-order valence-corrected chi connectivity index (χ0v) is 18.0. The lowest BCUT2D eigenvalue weighted by Gasteiger charge is -2.17. The van der Waals surface area contributed by atoms with Gasteiger partial charge in [-0.15, -0.1) is 0 Å². The Balaban J connectivity index is 1.84. The van der Waals surface area contributed by atoms with Gasteiger partial charge in [0.2, 0.25) is 10.0 Å². The van der Waals surface area contributed by atoms with E-state index in [2.05, 4.69) is 10.0 Å². The molecule has 1 aliphatic heterocycles. The van der Waals surface area contributed by atoms with E-state index in [4.69, 9.17) is 5.11 Å². The maximum absolute atomic E-state index is 15.0. The van der Waals surface area contributed by atoms with Crippen molar-refractivity contribution in [3.8, 4) is 0 Å². The number of likely N-dealkylation sites (tertiary alicyclic amines) is 1. The number of carbonyl (C=O) groups is 2. The van der Waals surface area contributed by atoms with Crippen LogP contribution in [0.2, 0.25) is 0 Å². The van der Waals surface area contributed by atoms with Crippen LogP contribution in [-0.2, 0) is 17.1 Å². The minimum Gasteiger partial charge on any atom is -0.465 e. The Kier molecular flexibility index (Phi) is 6.53. The van der Waals surface area contributed by atoms with Crippen molar-refractivity contribution in [1.29, 1.82) is 0 Å². The van der Waals surface area contributed by atoms with Crippen molar-refractivity contribution in [3.63, 3.8) is 0 Å². The topological polar surface area (TPSA) is 141 Å². The van der Waals surface area contributed by atoms with Crippen molar-refractivity contribution in [2.24, 2.45) is 13.0 Å². The van der Waals surface area contributed by atoms with Crippen LogP contribution >= 0.6 is 0 Å². The third-order valence-corrected chi connectivity index (χ3v) is 6.74. The molecule has 1 aromatic carbocycles. The molecule has 2 heterocycles. The van der Waals surface area contributed by atoms with Crippen molar-refractivity contribution >= 4 is 27.7 Å². The van der Waals surface area contributed by atoms with Gasteiger partial charge in [0.1, 0.15) is 16.4 Å². The lowest BCUT2D eigenvalue weighted by molar-refractivity contribution is 0.101. The molecule has 32 heavy (non-hydrogen) atoms. The van der Waals surface area contributed by atoms with Crippen molar-refractivity contribution in [2.75, 3.05) is 25.0 Å². The summed E-state index contributed by atoms with van der Waals surface area (Å²) in [5.74, 6) is -3.44. The Labute approximate surface area is 182 Å². The third kappa shape index (κ3) is 4.59. The third-order valence-electron chi connectivity index (χ3n) is 5.26. The van der Waals surface area contributed by atoms with E-state index in [-0.39, 0.29) is 24.3 Å². The number of aryl methyl sites for hydroxylation is 2. The number of aliphatic hydroxyl groups excluding tert-OH is 1. The summed E-state index contributed by atoms with van der Waals surface area (Å²) in [4.78, 5) is 23.9. The van der Waals surface area contributed by atoms with Crippen molar-refractivity contribution < 1.29 is 37.0 Å². The Bertz CT molecular complexity index is 1170. The zero-order chi connectivity index (χ0) is 23.8. The Morgan fingerprint density at radius 3 is 2.53 bits per heavy atom. The van der Waals surface area contributed by atoms with E-state index in [1.807, 2.05) is 0 Å². The molecule has 3 rings (SSSR count). The number of sulfonamides is 1. The molecule has 2 atom stereocenters. The molecular weight excluding hydrogens is 450 g/mol. The average molecular weight is 472 g/mol. The Hall–Kier alpha value is -3.03. The van der Waals surface area contributed by atoms with Crippen LogP contribution in [0.25, 0.3) is 0 Å². The number of anilines is 1. The van der Waals surface area contributed by atoms with Crippen molar-refractivity contribution in [3.05, 3.63) is 47.3 Å². The van der Waals surface area contributed by atoms with Crippen LogP contribution in [0.4, 0.5) is 19.3 Å². The second kappa shape index (κ2) is 8.84. The molecule has 13 heteroatoms. The van der Waals surface area contributed by atoms with E-state index in [1.165, 1.54) is 26.1 Å². The van der Waals surface area contributed by atoms with Gasteiger partial charge in [-0.3, -0.25) is 4.79 Å². The summed E-state index contributed by atoms with van der Waals surface area (Å²) >= 11 is 0. The number of rotatable bonds is 6. The summed E-state index contributed by atoms with van der Waals surface area (Å²) in [6.45, 7) is 0.712. The Morgan fingerprint density at radius 2 is 1.94 bits per heavy atom. The van der Waals surface area contributed by atoms with Gasteiger partial charge < -0.3 is 25.0 Å². The monoisotopic (exact) mass is 472 g/mol. The molecule has 10 nitrogen and oxygen atoms in total. The highest BCUT2D eigenvalue weighted by Crippen LogP contribution is 2.24. The fourth-order valence-corrected chi connectivity index (χ4v) is 4.96. The fraction of sp³-hybridized carbons (Fsp3) is 0.368. The molecular formula is C19H22F2N4O6S. The minimum atomic E-state index is -4.49. The molecule has 0 saturated carbocycles. The minimum absolute atomic E-state index is 0.0823. The van der Waals surface area contributed by atoms with Crippen LogP contribution in [0, 0.1) is 24.5 Å². The van der Waals surface area contributed by atoms with E-state index in [1.54, 1.807) is 0 Å². The van der Waals surface area contributed by atoms with Gasteiger partial charge >= 0.3 is 6.09 Å². The van der Waals surface area contributed by atoms with E-state index >= 15 is 4.39 Å². The van der Waals surface area contributed by atoms with E-state index < -0.39 is 62.8 Å². The molecule has 0 radical (unpaired) electrons. The number of benzene rings is 1. The molecule has 174 valence electrons. The largest absolute Gasteiger partial charge is 0.465 e. The number of aliphatic hydroxyl groups is 1. The highest BCUT2D eigenvalue weighted by molar-refractivity contribution is 7.89. The molecule has 2 unspecified atom stereocenters. The molecule has 1 aromatic heterocycles. The summed E-state index contributed by atoms with van der Waals surface area (Å²) in [5, 5.41) is 20.9. The van der Waals surface area contributed by atoms with Crippen molar-refractivity contribution in [1.82, 2.24) is 14.2 Å². The van der Waals surface area contributed by atoms with Crippen LogP contribution < -0.4 is 10.0 Å². The Morgan fingerprint density at radius 1 is 1.25 bits per heavy atom. The zero-order valence-electron chi connectivity index (χ0n) is 17.2. The second-order valence-electron chi connectivity index (χ2n) is 7.54. The number of nitrogens with one attached hydrogen (secondary N) is 2. The molecule has 2 aromatic rings. The van der Waals surface area contributed by atoms with E-state index in [0.29, 0.717) is 0 Å². The number of halogens is 2. The predicted octanol–water partition coefficient (Wildman–Crippen LogP) is 1.11. The fourth-order valence-electron chi connectivity index (χ4n) is 3.54. The van der Waals surface area contributed by atoms with Crippen LogP contribution in [-0.4, -0.2) is 65.8 Å². The number of carbonyl (C=O) groups excluding carboxylic acids is 1. The first-order valence-electron chi connectivity index (χ1n) is 9.48. The molecule has 2 amide bonds. The summed E-state index contributed by atoms with van der Waals surface area (Å²) < 4.78 is 57.2. The van der Waals surface area contributed by atoms with Crippen molar-refractivity contribution in [2.45, 2.75) is 17.9 Å². The van der Waals surface area contributed by atoms with Gasteiger partial charge in [-0.05, 0) is 30.7 Å². The lowest BCUT2D eigenvalue weighted by Crippen LogP contribution is -2.42. The summed E-state index contributed by atoms with van der Waals surface area (Å²) in [5.41, 5.74) is -0.111. The van der Waals surface area contributed by atoms with Crippen LogP contribution in [0.3, 0.4) is 0 Å². The number of carboxylic acid groups (broad SMARTS) is 1. The van der Waals surface area contributed by atoms with Gasteiger partial charge in [0.05, 0.1) is 0 Å². The van der Waals surface area contributed by atoms with Gasteiger partial charge in [0.25, 0.3) is 5.91 Å². The predicted molar refractivity (Wildman–Crippen MR) is 109 cm³/mol. The number of hydrogen-bond acceptors (Lipinski definition) is 5. The molecule has 1 saturated heterocycles. The van der Waals surface area contributed by atoms with Crippen LogP contribution in [0.1, 0.15) is 16.1 Å². The van der Waals surface area contributed by atoms with E-state index in [9.17, 15) is 27.5 Å². The second-order valence-corrected chi connectivity index (χ2v) is 9.23. The smallest absolute Gasteiger partial charge is 0.407 e. The molecule has 1 aliphatic rings. The first-order valence-corrected chi connectivity index (χ1v) is 11.0. The first kappa shape index (κ1) is 23.6. The number of amides is 2. The first-order chi connectivity index (χ1) is 14.9. The molecule has 0 bridgehead atoms. The van der Waals surface area contributed by atoms with Gasteiger partial charge in [0, 0.05) is 50.6 Å². The number of aromatic nitrogens is 1. The van der Waals surface area contributed by atoms with Gasteiger partial charge in [-0.2, -0.15) is 0 Å². The lowest BCUT2D eigenvalue weighted by atomic mass is 10.1. The normalized spacial score (nSPS) is 18.7. The number of hydrogen-bond donors (Lipinski definition) is 4. The highest BCUT2D eigenvalue weighted by Gasteiger charge is 2.39.